The van der Waals surface area contributed by atoms with Gasteiger partial charge in [-0.25, -0.2) is 0 Å². The van der Waals surface area contributed by atoms with E-state index in [0.29, 0.717) is 23.3 Å². The van der Waals surface area contributed by atoms with Crippen LogP contribution in [-0.2, 0) is 0 Å². The second-order valence-electron chi connectivity index (χ2n) is 9.44. The molecule has 1 aliphatic heterocycles. The van der Waals surface area contributed by atoms with Crippen molar-refractivity contribution in [3.8, 4) is 5.75 Å². The molecule has 0 saturated carbocycles. The van der Waals surface area contributed by atoms with Gasteiger partial charge in [0.15, 0.2) is 0 Å². The van der Waals surface area contributed by atoms with Crippen molar-refractivity contribution < 1.29 is 14.3 Å². The van der Waals surface area contributed by atoms with Crippen molar-refractivity contribution in [1.29, 1.82) is 0 Å². The Bertz CT molecular complexity index is 1420. The molecule has 2 unspecified atom stereocenters. The van der Waals surface area contributed by atoms with Gasteiger partial charge in [-0.2, -0.15) is 0 Å². The van der Waals surface area contributed by atoms with Gasteiger partial charge in [-0.05, 0) is 74.4 Å². The largest absolute Gasteiger partial charge is 0.497 e. The monoisotopic (exact) mass is 490 g/mol. The Hall–Kier alpha value is -4.38. The number of methoxy groups -OCH3 is 1. The second-order valence-corrected chi connectivity index (χ2v) is 9.44. The van der Waals surface area contributed by atoms with Crippen molar-refractivity contribution in [2.75, 3.05) is 16.9 Å². The summed E-state index contributed by atoms with van der Waals surface area (Å²) in [5, 5.41) is 0. The number of carbonyl (C=O) groups is 2. The number of ether oxygens (including phenoxy) is 1. The molecule has 0 saturated heterocycles. The molecular formula is C32H30N2O3. The number of rotatable bonds is 5. The van der Waals surface area contributed by atoms with Crippen molar-refractivity contribution in [2.45, 2.75) is 32.4 Å². The number of fused-ring (bicyclic) bond motifs is 1. The van der Waals surface area contributed by atoms with E-state index in [-0.39, 0.29) is 23.9 Å². The van der Waals surface area contributed by atoms with E-state index in [0.717, 1.165) is 22.5 Å². The molecule has 4 aromatic rings. The number of anilines is 2. The Kier molecular flexibility index (Phi) is 6.78. The van der Waals surface area contributed by atoms with E-state index in [9.17, 15) is 9.59 Å². The lowest BCUT2D eigenvalue weighted by Gasteiger charge is -2.43. The quantitative estimate of drug-likeness (QED) is 0.308. The summed E-state index contributed by atoms with van der Waals surface area (Å²) in [5.41, 5.74) is 4.89. The van der Waals surface area contributed by atoms with Crippen LogP contribution in [0.5, 0.6) is 5.75 Å². The first-order chi connectivity index (χ1) is 18.0. The molecule has 0 N–H and O–H groups in total. The van der Waals surface area contributed by atoms with Crippen LogP contribution in [0, 0.1) is 6.92 Å². The highest BCUT2D eigenvalue weighted by atomic mass is 16.5. The average molecular weight is 491 g/mol. The Balaban J connectivity index is 1.60. The normalized spacial score (nSPS) is 16.6. The molecule has 0 aliphatic carbocycles. The number of hydrogen-bond acceptors (Lipinski definition) is 3. The predicted molar refractivity (Wildman–Crippen MR) is 147 cm³/mol. The van der Waals surface area contributed by atoms with E-state index in [2.05, 4.69) is 0 Å². The van der Waals surface area contributed by atoms with Crippen molar-refractivity contribution in [1.82, 2.24) is 0 Å². The minimum Gasteiger partial charge on any atom is -0.497 e. The summed E-state index contributed by atoms with van der Waals surface area (Å²) in [7, 11) is 1.59. The fraction of sp³-hybridized carbons (Fsp3) is 0.188. The summed E-state index contributed by atoms with van der Waals surface area (Å²) < 4.78 is 5.38. The van der Waals surface area contributed by atoms with Crippen molar-refractivity contribution >= 4 is 23.2 Å². The molecule has 0 aromatic heterocycles. The average Bonchev–Trinajstić information content (AvgIpc) is 2.94. The number of nitrogens with zero attached hydrogens (tertiary/aromatic N) is 2. The van der Waals surface area contributed by atoms with E-state index >= 15 is 0 Å². The Morgan fingerprint density at radius 3 is 2.27 bits per heavy atom. The molecule has 37 heavy (non-hydrogen) atoms. The number of carbonyl (C=O) groups excluding carboxylic acids is 2. The van der Waals surface area contributed by atoms with Gasteiger partial charge in [-0.1, -0.05) is 60.2 Å². The van der Waals surface area contributed by atoms with Crippen LogP contribution >= 0.6 is 0 Å². The van der Waals surface area contributed by atoms with Crippen LogP contribution in [0.4, 0.5) is 11.4 Å². The third-order valence-corrected chi connectivity index (χ3v) is 6.96. The van der Waals surface area contributed by atoms with Gasteiger partial charge in [0, 0.05) is 28.5 Å². The highest BCUT2D eigenvalue weighted by Crippen LogP contribution is 2.43. The summed E-state index contributed by atoms with van der Waals surface area (Å²) in [5.74, 6) is 0.477. The molecule has 5 rings (SSSR count). The zero-order valence-corrected chi connectivity index (χ0v) is 21.3. The van der Waals surface area contributed by atoms with E-state index in [1.807, 2.05) is 121 Å². The van der Waals surface area contributed by atoms with Crippen LogP contribution in [0.25, 0.3) is 0 Å². The van der Waals surface area contributed by atoms with E-state index in [1.165, 1.54) is 0 Å². The number of amides is 2. The molecule has 0 fully saturated rings. The molecule has 4 aromatic carbocycles. The van der Waals surface area contributed by atoms with Crippen molar-refractivity contribution in [3.63, 3.8) is 0 Å². The van der Waals surface area contributed by atoms with Crippen LogP contribution in [0.2, 0.25) is 0 Å². The molecule has 1 aliphatic rings. The molecule has 186 valence electrons. The van der Waals surface area contributed by atoms with Gasteiger partial charge >= 0.3 is 0 Å². The van der Waals surface area contributed by atoms with Gasteiger partial charge in [-0.3, -0.25) is 9.59 Å². The van der Waals surface area contributed by atoms with Crippen LogP contribution in [-0.4, -0.2) is 25.0 Å². The number of benzene rings is 4. The molecule has 2 atom stereocenters. The predicted octanol–water partition coefficient (Wildman–Crippen LogP) is 6.83. The maximum Gasteiger partial charge on any atom is 0.258 e. The second kappa shape index (κ2) is 10.3. The van der Waals surface area contributed by atoms with E-state index in [4.69, 9.17) is 4.74 Å². The maximum atomic E-state index is 14.1. The lowest BCUT2D eigenvalue weighted by atomic mass is 9.89. The zero-order valence-electron chi connectivity index (χ0n) is 21.3. The summed E-state index contributed by atoms with van der Waals surface area (Å²) in [4.78, 5) is 31.5. The number of hydrogen-bond donors (Lipinski definition) is 0. The van der Waals surface area contributed by atoms with E-state index in [1.54, 1.807) is 13.2 Å². The minimum atomic E-state index is -0.255. The first-order valence-electron chi connectivity index (χ1n) is 12.5. The summed E-state index contributed by atoms with van der Waals surface area (Å²) in [6.45, 7) is 4.06. The van der Waals surface area contributed by atoms with Crippen LogP contribution in [0.15, 0.2) is 103 Å². The summed E-state index contributed by atoms with van der Waals surface area (Å²) in [6.07, 6.45) is 0.596. The zero-order chi connectivity index (χ0) is 25.9. The molecule has 5 heteroatoms. The highest BCUT2D eigenvalue weighted by Gasteiger charge is 2.39. The lowest BCUT2D eigenvalue weighted by Crippen LogP contribution is -2.47. The molecule has 0 radical (unpaired) electrons. The Labute approximate surface area is 217 Å². The fourth-order valence-electron chi connectivity index (χ4n) is 5.09. The molecule has 0 spiro atoms. The van der Waals surface area contributed by atoms with Gasteiger partial charge in [0.25, 0.3) is 11.8 Å². The van der Waals surface area contributed by atoms with E-state index < -0.39 is 0 Å². The van der Waals surface area contributed by atoms with Gasteiger partial charge in [0.05, 0.1) is 13.2 Å². The highest BCUT2D eigenvalue weighted by molar-refractivity contribution is 6.09. The molecule has 0 bridgehead atoms. The van der Waals surface area contributed by atoms with Gasteiger partial charge in [0.2, 0.25) is 0 Å². The third kappa shape index (κ3) is 4.73. The Morgan fingerprint density at radius 2 is 1.54 bits per heavy atom. The van der Waals surface area contributed by atoms with Crippen LogP contribution < -0.4 is 14.5 Å². The van der Waals surface area contributed by atoms with Gasteiger partial charge < -0.3 is 14.5 Å². The topological polar surface area (TPSA) is 49.9 Å². The standard InChI is InChI=1S/C32H30N2O3/c1-22-16-18-24(19-17-22)31(35)33-23(2)20-30(28-14-7-8-15-29(28)33)34(26-11-5-4-6-12-26)32(36)25-10-9-13-27(21-25)37-3/h4-19,21,23,30H,20H2,1-3H3. The number of aryl methyl sites for hydroxylation is 1. The number of para-hydroxylation sites is 2. The van der Waals surface area contributed by atoms with Gasteiger partial charge in [-0.15, -0.1) is 0 Å². The Morgan fingerprint density at radius 1 is 0.838 bits per heavy atom. The summed E-state index contributed by atoms with van der Waals surface area (Å²) in [6, 6.07) is 32.2. The third-order valence-electron chi connectivity index (χ3n) is 6.96. The first-order valence-corrected chi connectivity index (χ1v) is 12.5. The smallest absolute Gasteiger partial charge is 0.258 e. The summed E-state index contributed by atoms with van der Waals surface area (Å²) >= 11 is 0. The molecule has 5 nitrogen and oxygen atoms in total. The van der Waals surface area contributed by atoms with Crippen LogP contribution in [0.3, 0.4) is 0 Å². The molecule has 1 heterocycles. The van der Waals surface area contributed by atoms with Gasteiger partial charge in [0.1, 0.15) is 5.75 Å². The SMILES string of the molecule is COc1cccc(C(=O)N(c2ccccc2)C2CC(C)N(C(=O)c3ccc(C)cc3)c3ccccc32)c1. The van der Waals surface area contributed by atoms with Crippen LogP contribution in [0.1, 0.15) is 51.2 Å². The van der Waals surface area contributed by atoms with Crippen molar-refractivity contribution in [3.05, 3.63) is 125 Å². The molecule has 2 amide bonds. The minimum absolute atomic E-state index is 0.0382. The fourth-order valence-corrected chi connectivity index (χ4v) is 5.09. The maximum absolute atomic E-state index is 14.1. The lowest BCUT2D eigenvalue weighted by molar-refractivity contribution is 0.0965. The first kappa shape index (κ1) is 24.3. The molecular weight excluding hydrogens is 460 g/mol. The van der Waals surface area contributed by atoms with Crippen molar-refractivity contribution in [2.24, 2.45) is 0 Å².